The number of aromatic amines is 1. The largest absolute Gasteiger partial charge is 0.346 e. The third-order valence-corrected chi connectivity index (χ3v) is 3.51. The number of aromatic nitrogens is 3. The van der Waals surface area contributed by atoms with E-state index >= 15 is 0 Å². The van der Waals surface area contributed by atoms with E-state index in [0.29, 0.717) is 11.0 Å². The summed E-state index contributed by atoms with van der Waals surface area (Å²) < 4.78 is 49.3. The Labute approximate surface area is 141 Å². The molecule has 1 atom stereocenters. The van der Waals surface area contributed by atoms with Gasteiger partial charge in [0, 0.05) is 6.20 Å². The van der Waals surface area contributed by atoms with E-state index in [0.717, 1.165) is 12.1 Å². The lowest BCUT2D eigenvalue weighted by Gasteiger charge is -2.11. The fraction of sp³-hybridized carbons (Fsp3) is 0. The van der Waals surface area contributed by atoms with E-state index < -0.39 is 40.3 Å². The second-order valence-corrected chi connectivity index (χ2v) is 5.38. The van der Waals surface area contributed by atoms with E-state index in [2.05, 4.69) is 20.3 Å². The number of carbonyl (C=O) groups excluding carboxylic acids is 1. The highest BCUT2D eigenvalue weighted by atomic mass is 32.2. The minimum absolute atomic E-state index is 0.135. The van der Waals surface area contributed by atoms with Gasteiger partial charge in [-0.05, 0) is 18.2 Å². The average Bonchev–Trinajstić information content (AvgIpc) is 3.03. The van der Waals surface area contributed by atoms with Gasteiger partial charge in [-0.25, -0.2) is 27.8 Å². The van der Waals surface area contributed by atoms with Crippen LogP contribution >= 0.6 is 0 Å². The van der Waals surface area contributed by atoms with Crippen molar-refractivity contribution in [3.8, 4) is 0 Å². The Morgan fingerprint density at radius 3 is 2.76 bits per heavy atom. The lowest BCUT2D eigenvalue weighted by atomic mass is 10.2. The molecular weight excluding hydrogens is 358 g/mol. The van der Waals surface area contributed by atoms with Gasteiger partial charge in [-0.2, -0.15) is 0 Å². The molecule has 0 fully saturated rings. The number of halogens is 2. The monoisotopic (exact) mass is 368 g/mol. The van der Waals surface area contributed by atoms with Crippen LogP contribution in [0.1, 0.15) is 0 Å². The van der Waals surface area contributed by atoms with Gasteiger partial charge in [-0.3, -0.25) is 14.6 Å². The maximum absolute atomic E-state index is 14.2. The van der Waals surface area contributed by atoms with Crippen molar-refractivity contribution in [2.45, 2.75) is 0 Å². The molecular formula is C13H10F2N6O3S. The van der Waals surface area contributed by atoms with Crippen molar-refractivity contribution in [2.24, 2.45) is 0 Å². The smallest absolute Gasteiger partial charge is 0.325 e. The van der Waals surface area contributed by atoms with Crippen LogP contribution in [-0.2, 0) is 11.3 Å². The van der Waals surface area contributed by atoms with Crippen LogP contribution in [0.25, 0.3) is 11.0 Å². The number of fused-ring (bicyclic) bond motifs is 1. The molecule has 0 bridgehead atoms. The predicted octanol–water partition coefficient (Wildman–Crippen LogP) is 2.43. The lowest BCUT2D eigenvalue weighted by Crippen LogP contribution is -2.22. The molecule has 0 aliphatic rings. The van der Waals surface area contributed by atoms with Crippen LogP contribution in [0.15, 0.2) is 30.7 Å². The molecule has 1 aromatic carbocycles. The van der Waals surface area contributed by atoms with Crippen LogP contribution in [0.2, 0.25) is 0 Å². The lowest BCUT2D eigenvalue weighted by molar-refractivity contribution is 0.262. The van der Waals surface area contributed by atoms with Gasteiger partial charge in [-0.1, -0.05) is 0 Å². The van der Waals surface area contributed by atoms with Crippen LogP contribution in [0.5, 0.6) is 0 Å². The molecule has 0 aliphatic carbocycles. The van der Waals surface area contributed by atoms with Gasteiger partial charge in [0.2, 0.25) is 0 Å². The van der Waals surface area contributed by atoms with Gasteiger partial charge in [0.05, 0.1) is 11.1 Å². The fourth-order valence-corrected chi connectivity index (χ4v) is 2.41. The molecule has 12 heteroatoms. The van der Waals surface area contributed by atoms with Crippen molar-refractivity contribution >= 4 is 45.5 Å². The number of urea groups is 1. The number of benzene rings is 1. The number of carbonyl (C=O) groups is 1. The van der Waals surface area contributed by atoms with Crippen molar-refractivity contribution in [1.82, 2.24) is 15.0 Å². The van der Waals surface area contributed by atoms with Crippen molar-refractivity contribution < 1.29 is 22.3 Å². The number of hydrogen-bond donors (Lipinski definition) is 5. The molecule has 3 aromatic rings. The van der Waals surface area contributed by atoms with Crippen LogP contribution in [0, 0.1) is 11.6 Å². The summed E-state index contributed by atoms with van der Waals surface area (Å²) in [6.07, 6.45) is 2.79. The molecule has 2 aromatic heterocycles. The second-order valence-electron chi connectivity index (χ2n) is 4.68. The Morgan fingerprint density at radius 2 is 2.00 bits per heavy atom. The van der Waals surface area contributed by atoms with Crippen molar-refractivity contribution in [1.29, 1.82) is 0 Å². The molecule has 9 nitrogen and oxygen atoms in total. The Kier molecular flexibility index (Phi) is 4.54. The van der Waals surface area contributed by atoms with Gasteiger partial charge in [0.25, 0.3) is 11.3 Å². The van der Waals surface area contributed by atoms with Crippen molar-refractivity contribution in [2.75, 3.05) is 15.4 Å². The molecule has 130 valence electrons. The SMILES string of the molecule is O=C(Nc1c(F)ccc(NS(=O)O)c1F)Nc1ncnc2[nH]ccc12. The third-order valence-electron chi connectivity index (χ3n) is 3.11. The zero-order valence-electron chi connectivity index (χ0n) is 12.2. The second kappa shape index (κ2) is 6.78. The van der Waals surface area contributed by atoms with Crippen molar-refractivity contribution in [3.63, 3.8) is 0 Å². The molecule has 2 amide bonds. The zero-order chi connectivity index (χ0) is 18.0. The van der Waals surface area contributed by atoms with Gasteiger partial charge >= 0.3 is 6.03 Å². The fourth-order valence-electron chi connectivity index (χ4n) is 2.06. The summed E-state index contributed by atoms with van der Waals surface area (Å²) >= 11 is -2.56. The number of rotatable bonds is 4. The number of amides is 2. The number of H-pyrrole nitrogens is 1. The number of hydrogen-bond acceptors (Lipinski definition) is 4. The quantitative estimate of drug-likeness (QED) is 0.451. The first-order valence-electron chi connectivity index (χ1n) is 6.67. The Balaban J connectivity index is 1.83. The highest BCUT2D eigenvalue weighted by molar-refractivity contribution is 7.80. The molecule has 1 unspecified atom stereocenters. The maximum Gasteiger partial charge on any atom is 0.325 e. The first kappa shape index (κ1) is 16.7. The standard InChI is InChI=1S/C13H10F2N6O3S/c14-7-1-2-8(21-25(23)24)9(15)10(7)19-13(22)20-12-6-3-4-16-11(6)17-5-18-12/h1-5,21H,(H,23,24)(H3,16,17,18,19,20,22). The van der Waals surface area contributed by atoms with E-state index in [-0.39, 0.29) is 5.82 Å². The summed E-state index contributed by atoms with van der Waals surface area (Å²) in [4.78, 5) is 22.7. The molecule has 0 aliphatic heterocycles. The molecule has 3 rings (SSSR count). The first-order chi connectivity index (χ1) is 12.0. The van der Waals surface area contributed by atoms with Crippen molar-refractivity contribution in [3.05, 3.63) is 42.4 Å². The summed E-state index contributed by atoms with van der Waals surface area (Å²) in [6, 6.07) is 2.42. The van der Waals surface area contributed by atoms with Crippen LogP contribution in [0.4, 0.5) is 30.8 Å². The Morgan fingerprint density at radius 1 is 1.20 bits per heavy atom. The van der Waals surface area contributed by atoms with Crippen LogP contribution in [-0.4, -0.2) is 29.7 Å². The first-order valence-corrected chi connectivity index (χ1v) is 7.78. The topological polar surface area (TPSA) is 132 Å². The van der Waals surface area contributed by atoms with Gasteiger partial charge in [-0.15, -0.1) is 0 Å². The number of nitrogens with zero attached hydrogens (tertiary/aromatic N) is 2. The van der Waals surface area contributed by atoms with Crippen LogP contribution < -0.4 is 15.4 Å². The van der Waals surface area contributed by atoms with Gasteiger partial charge in [0.1, 0.15) is 29.3 Å². The highest BCUT2D eigenvalue weighted by Gasteiger charge is 2.18. The minimum Gasteiger partial charge on any atom is -0.346 e. The maximum atomic E-state index is 14.2. The summed E-state index contributed by atoms with van der Waals surface area (Å²) in [6.45, 7) is 0. The van der Waals surface area contributed by atoms with E-state index in [4.69, 9.17) is 4.55 Å². The Hall–Kier alpha value is -3.12. The normalized spacial score (nSPS) is 12.0. The molecule has 5 N–H and O–H groups in total. The number of nitrogens with one attached hydrogen (secondary N) is 4. The molecule has 2 heterocycles. The third kappa shape index (κ3) is 3.54. The summed E-state index contributed by atoms with van der Waals surface area (Å²) in [7, 11) is 0. The highest BCUT2D eigenvalue weighted by Crippen LogP contribution is 2.26. The summed E-state index contributed by atoms with van der Waals surface area (Å²) in [5.41, 5.74) is -0.765. The van der Waals surface area contributed by atoms with E-state index in [9.17, 15) is 17.8 Å². The summed E-state index contributed by atoms with van der Waals surface area (Å²) in [5.74, 6) is -2.15. The van der Waals surface area contributed by atoms with Gasteiger partial charge < -0.3 is 10.3 Å². The van der Waals surface area contributed by atoms with E-state index in [1.165, 1.54) is 6.33 Å². The molecule has 0 saturated heterocycles. The minimum atomic E-state index is -2.56. The Bertz CT molecular complexity index is 980. The average molecular weight is 368 g/mol. The number of anilines is 3. The molecule has 0 radical (unpaired) electrons. The zero-order valence-corrected chi connectivity index (χ0v) is 13.0. The molecule has 0 spiro atoms. The van der Waals surface area contributed by atoms with Crippen LogP contribution in [0.3, 0.4) is 0 Å². The molecule has 25 heavy (non-hydrogen) atoms. The van der Waals surface area contributed by atoms with E-state index in [1.807, 2.05) is 10.0 Å². The molecule has 0 saturated carbocycles. The van der Waals surface area contributed by atoms with E-state index in [1.54, 1.807) is 12.3 Å². The van der Waals surface area contributed by atoms with Gasteiger partial charge in [0.15, 0.2) is 5.82 Å². The summed E-state index contributed by atoms with van der Waals surface area (Å²) in [5, 5.41) is 4.86. The predicted molar refractivity (Wildman–Crippen MR) is 87.3 cm³/mol.